The van der Waals surface area contributed by atoms with Gasteiger partial charge in [0.1, 0.15) is 12.4 Å². The van der Waals surface area contributed by atoms with Crippen LogP contribution in [-0.4, -0.2) is 25.8 Å². The van der Waals surface area contributed by atoms with Crippen molar-refractivity contribution in [2.75, 3.05) is 0 Å². The molecule has 4 aromatic rings. The predicted molar refractivity (Wildman–Crippen MR) is 122 cm³/mol. The molecule has 2 aromatic heterocycles. The van der Waals surface area contributed by atoms with E-state index in [9.17, 15) is 4.79 Å². The number of ether oxygens (including phenoxy) is 1. The topological polar surface area (TPSA) is 77.2 Å². The summed E-state index contributed by atoms with van der Waals surface area (Å²) >= 11 is 0. The van der Waals surface area contributed by atoms with Gasteiger partial charge in [-0.05, 0) is 53.9 Å². The Balaban J connectivity index is 1.41. The number of benzene rings is 2. The molecule has 0 aliphatic heterocycles. The van der Waals surface area contributed by atoms with Crippen molar-refractivity contribution in [1.82, 2.24) is 14.8 Å². The van der Waals surface area contributed by atoms with Gasteiger partial charge in [-0.2, -0.15) is 5.10 Å². The Bertz CT molecular complexity index is 1270. The fourth-order valence-corrected chi connectivity index (χ4v) is 3.58. The molecule has 160 valence electrons. The molecule has 0 saturated carbocycles. The lowest BCUT2D eigenvalue weighted by Crippen LogP contribution is -2.04. The lowest BCUT2D eigenvalue weighted by Gasteiger charge is -2.11. The molecule has 0 radical (unpaired) electrons. The molecule has 0 amide bonds. The van der Waals surface area contributed by atoms with E-state index in [1.54, 1.807) is 13.1 Å². The fraction of sp³-hybridized carbons (Fsp3) is 0.192. The molecular formula is C26H23N3O3. The van der Waals surface area contributed by atoms with Crippen molar-refractivity contribution < 1.29 is 14.6 Å². The van der Waals surface area contributed by atoms with Gasteiger partial charge < -0.3 is 9.84 Å². The van der Waals surface area contributed by atoms with Crippen molar-refractivity contribution in [3.8, 4) is 17.6 Å². The average molecular weight is 425 g/mol. The zero-order chi connectivity index (χ0) is 22.3. The molecule has 0 unspecified atom stereocenters. The first-order chi connectivity index (χ1) is 15.6. The molecule has 32 heavy (non-hydrogen) atoms. The SMILES string of the molecule is CC#C[C@@H](CC(=O)O)c1ccc(OCc2ccc3c(cnn3Cc3cccnc3)c2)cc1. The minimum Gasteiger partial charge on any atom is -0.489 e. The van der Waals surface area contributed by atoms with E-state index < -0.39 is 5.97 Å². The summed E-state index contributed by atoms with van der Waals surface area (Å²) in [6.45, 7) is 2.81. The zero-order valence-electron chi connectivity index (χ0n) is 17.7. The second kappa shape index (κ2) is 9.80. The van der Waals surface area contributed by atoms with E-state index in [2.05, 4.69) is 34.1 Å². The number of hydrogen-bond donors (Lipinski definition) is 1. The number of fused-ring (bicyclic) bond motifs is 1. The summed E-state index contributed by atoms with van der Waals surface area (Å²) < 4.78 is 7.89. The summed E-state index contributed by atoms with van der Waals surface area (Å²) in [5.41, 5.74) is 4.08. The van der Waals surface area contributed by atoms with Gasteiger partial charge in [-0.25, -0.2) is 0 Å². The highest BCUT2D eigenvalue weighted by Gasteiger charge is 2.13. The van der Waals surface area contributed by atoms with Crippen LogP contribution >= 0.6 is 0 Å². The van der Waals surface area contributed by atoms with Crippen LogP contribution in [0.5, 0.6) is 5.75 Å². The maximum Gasteiger partial charge on any atom is 0.304 e. The smallest absolute Gasteiger partial charge is 0.304 e. The number of carboxylic acid groups (broad SMARTS) is 1. The van der Waals surface area contributed by atoms with Gasteiger partial charge in [-0.15, -0.1) is 5.92 Å². The van der Waals surface area contributed by atoms with Gasteiger partial charge in [0.25, 0.3) is 0 Å². The quantitative estimate of drug-likeness (QED) is 0.416. The Morgan fingerprint density at radius 3 is 2.69 bits per heavy atom. The van der Waals surface area contributed by atoms with Crippen LogP contribution in [0.4, 0.5) is 0 Å². The maximum absolute atomic E-state index is 11.1. The zero-order valence-corrected chi connectivity index (χ0v) is 17.7. The van der Waals surface area contributed by atoms with E-state index in [0.29, 0.717) is 13.2 Å². The van der Waals surface area contributed by atoms with Crippen molar-refractivity contribution >= 4 is 16.9 Å². The Morgan fingerprint density at radius 2 is 1.97 bits per heavy atom. The second-order valence-electron chi connectivity index (χ2n) is 7.46. The van der Waals surface area contributed by atoms with Crippen LogP contribution in [0.15, 0.2) is 73.2 Å². The summed E-state index contributed by atoms with van der Waals surface area (Å²) in [4.78, 5) is 15.2. The number of carboxylic acids is 1. The van der Waals surface area contributed by atoms with E-state index in [4.69, 9.17) is 9.84 Å². The Hall–Kier alpha value is -4.11. The molecule has 0 aliphatic carbocycles. The molecule has 0 bridgehead atoms. The number of pyridine rings is 1. The van der Waals surface area contributed by atoms with E-state index in [-0.39, 0.29) is 12.3 Å². The van der Waals surface area contributed by atoms with Crippen LogP contribution in [0.2, 0.25) is 0 Å². The van der Waals surface area contributed by atoms with Crippen molar-refractivity contribution in [1.29, 1.82) is 0 Å². The third-order valence-electron chi connectivity index (χ3n) is 5.15. The van der Waals surface area contributed by atoms with E-state index in [0.717, 1.165) is 33.3 Å². The second-order valence-corrected chi connectivity index (χ2v) is 7.46. The molecule has 1 N–H and O–H groups in total. The largest absolute Gasteiger partial charge is 0.489 e. The average Bonchev–Trinajstić information content (AvgIpc) is 3.20. The van der Waals surface area contributed by atoms with E-state index >= 15 is 0 Å². The molecule has 0 spiro atoms. The van der Waals surface area contributed by atoms with E-state index in [1.165, 1.54) is 0 Å². The summed E-state index contributed by atoms with van der Waals surface area (Å²) in [5.74, 6) is 5.30. The van der Waals surface area contributed by atoms with Crippen LogP contribution in [0, 0.1) is 11.8 Å². The minimum atomic E-state index is -0.864. The molecular weight excluding hydrogens is 402 g/mol. The number of aliphatic carboxylic acids is 1. The van der Waals surface area contributed by atoms with Crippen LogP contribution in [0.3, 0.4) is 0 Å². The molecule has 1 atom stereocenters. The van der Waals surface area contributed by atoms with Gasteiger partial charge >= 0.3 is 5.97 Å². The van der Waals surface area contributed by atoms with Crippen molar-refractivity contribution in [2.24, 2.45) is 0 Å². The van der Waals surface area contributed by atoms with Crippen molar-refractivity contribution in [2.45, 2.75) is 32.4 Å². The van der Waals surface area contributed by atoms with Crippen molar-refractivity contribution in [3.05, 3.63) is 89.9 Å². The lowest BCUT2D eigenvalue weighted by molar-refractivity contribution is -0.137. The fourth-order valence-electron chi connectivity index (χ4n) is 3.58. The summed E-state index contributed by atoms with van der Waals surface area (Å²) in [5, 5.41) is 14.6. The van der Waals surface area contributed by atoms with Crippen molar-refractivity contribution in [3.63, 3.8) is 0 Å². The Morgan fingerprint density at radius 1 is 1.12 bits per heavy atom. The standard InChI is InChI=1S/C26H23N3O3/c1-2-4-22(14-26(30)31)21-7-9-24(10-8-21)32-18-19-6-11-25-23(13-19)16-28-29(25)17-20-5-3-12-27-15-20/h3,5-13,15-16,22H,14,17-18H2,1H3,(H,30,31)/t22-/m0/s1. The molecule has 2 aromatic carbocycles. The summed E-state index contributed by atoms with van der Waals surface area (Å²) in [6.07, 6.45) is 5.45. The number of rotatable bonds is 8. The highest BCUT2D eigenvalue weighted by atomic mass is 16.5. The molecule has 0 saturated heterocycles. The third kappa shape index (κ3) is 5.13. The lowest BCUT2D eigenvalue weighted by atomic mass is 9.96. The van der Waals surface area contributed by atoms with Gasteiger partial charge in [0.05, 0.1) is 30.6 Å². The molecule has 4 rings (SSSR count). The van der Waals surface area contributed by atoms with Gasteiger partial charge in [-0.3, -0.25) is 14.5 Å². The predicted octanol–water partition coefficient (Wildman–Crippen LogP) is 4.64. The number of aromatic nitrogens is 3. The van der Waals surface area contributed by atoms with Crippen LogP contribution in [0.25, 0.3) is 10.9 Å². The minimum absolute atomic E-state index is 0.0183. The van der Waals surface area contributed by atoms with Gasteiger partial charge in [0.15, 0.2) is 0 Å². The number of hydrogen-bond acceptors (Lipinski definition) is 4. The number of nitrogens with zero attached hydrogens (tertiary/aromatic N) is 3. The first-order valence-electron chi connectivity index (χ1n) is 10.3. The van der Waals surface area contributed by atoms with Crippen LogP contribution in [0.1, 0.15) is 36.0 Å². The first kappa shape index (κ1) is 21.1. The maximum atomic E-state index is 11.1. The Labute approximate surface area is 186 Å². The summed E-state index contributed by atoms with van der Waals surface area (Å²) in [6, 6.07) is 17.6. The van der Waals surface area contributed by atoms with Gasteiger partial charge in [0, 0.05) is 17.8 Å². The molecule has 2 heterocycles. The first-order valence-corrected chi connectivity index (χ1v) is 10.3. The van der Waals surface area contributed by atoms with Crippen LogP contribution < -0.4 is 4.74 Å². The van der Waals surface area contributed by atoms with Crippen LogP contribution in [-0.2, 0) is 17.9 Å². The monoisotopic (exact) mass is 425 g/mol. The number of carbonyl (C=O) groups is 1. The Kier molecular flexibility index (Phi) is 6.47. The van der Waals surface area contributed by atoms with E-state index in [1.807, 2.05) is 59.5 Å². The van der Waals surface area contributed by atoms with Gasteiger partial charge in [0.2, 0.25) is 0 Å². The normalized spacial score (nSPS) is 11.5. The highest BCUT2D eigenvalue weighted by molar-refractivity contribution is 5.79. The third-order valence-corrected chi connectivity index (χ3v) is 5.15. The summed E-state index contributed by atoms with van der Waals surface area (Å²) in [7, 11) is 0. The highest BCUT2D eigenvalue weighted by Crippen LogP contribution is 2.23. The van der Waals surface area contributed by atoms with Gasteiger partial charge in [-0.1, -0.05) is 30.2 Å². The molecule has 6 nitrogen and oxygen atoms in total. The molecule has 0 fully saturated rings. The molecule has 0 aliphatic rings. The molecule has 6 heteroatoms.